The van der Waals surface area contributed by atoms with E-state index in [4.69, 9.17) is 9.47 Å². The van der Waals surface area contributed by atoms with E-state index in [1.807, 2.05) is 37.3 Å². The van der Waals surface area contributed by atoms with Gasteiger partial charge >= 0.3 is 6.09 Å². The largest absolute Gasteiger partial charge is 0.496 e. The molecule has 0 unspecified atom stereocenters. The number of methoxy groups -OCH3 is 1. The molecule has 32 heavy (non-hydrogen) atoms. The van der Waals surface area contributed by atoms with Crippen molar-refractivity contribution < 1.29 is 14.3 Å². The molecule has 0 bridgehead atoms. The Morgan fingerprint density at radius 1 is 0.969 bits per heavy atom. The van der Waals surface area contributed by atoms with Crippen molar-refractivity contribution in [3.8, 4) is 16.9 Å². The molecule has 4 rings (SSSR count). The molecular formula is C28H29NO3. The highest BCUT2D eigenvalue weighted by Crippen LogP contribution is 2.44. The molecule has 1 amide bonds. The first-order chi connectivity index (χ1) is 15.6. The van der Waals surface area contributed by atoms with Gasteiger partial charge in [-0.3, -0.25) is 0 Å². The summed E-state index contributed by atoms with van der Waals surface area (Å²) < 4.78 is 10.9. The van der Waals surface area contributed by atoms with E-state index >= 15 is 0 Å². The Labute approximate surface area is 189 Å². The maximum Gasteiger partial charge on any atom is 0.407 e. The lowest BCUT2D eigenvalue weighted by atomic mass is 9.98. The topological polar surface area (TPSA) is 47.6 Å². The zero-order chi connectivity index (χ0) is 22.5. The average Bonchev–Trinajstić information content (AvgIpc) is 3.13. The SMILES string of the molecule is COc1cc(C)c(C=CCCNC(=O)OCC2c3ccccc3-c3ccccc32)cc1C. The molecule has 1 aliphatic rings. The Balaban J connectivity index is 1.28. The second kappa shape index (κ2) is 9.73. The van der Waals surface area contributed by atoms with Crippen LogP contribution in [0.25, 0.3) is 17.2 Å². The van der Waals surface area contributed by atoms with Crippen LogP contribution in [0.15, 0.2) is 66.7 Å². The molecule has 0 atom stereocenters. The number of hydrogen-bond donors (Lipinski definition) is 1. The summed E-state index contributed by atoms with van der Waals surface area (Å²) >= 11 is 0. The second-order valence-electron chi connectivity index (χ2n) is 8.12. The maximum atomic E-state index is 12.3. The van der Waals surface area contributed by atoms with Gasteiger partial charge in [0, 0.05) is 12.5 Å². The predicted molar refractivity (Wildman–Crippen MR) is 129 cm³/mol. The van der Waals surface area contributed by atoms with Gasteiger partial charge in [-0.15, -0.1) is 0 Å². The molecule has 4 nitrogen and oxygen atoms in total. The number of carbonyl (C=O) groups excluding carboxylic acids is 1. The van der Waals surface area contributed by atoms with Gasteiger partial charge in [0.05, 0.1) is 7.11 Å². The first-order valence-corrected chi connectivity index (χ1v) is 11.0. The van der Waals surface area contributed by atoms with E-state index in [2.05, 4.69) is 54.7 Å². The van der Waals surface area contributed by atoms with E-state index in [1.54, 1.807) is 7.11 Å². The number of benzene rings is 3. The molecule has 4 heteroatoms. The molecule has 1 N–H and O–H groups in total. The number of fused-ring (bicyclic) bond motifs is 3. The summed E-state index contributed by atoms with van der Waals surface area (Å²) in [6.45, 7) is 4.96. The third-order valence-corrected chi connectivity index (χ3v) is 6.00. The van der Waals surface area contributed by atoms with Gasteiger partial charge in [0.25, 0.3) is 0 Å². The normalized spacial score (nSPS) is 12.5. The fourth-order valence-electron chi connectivity index (χ4n) is 4.33. The van der Waals surface area contributed by atoms with E-state index < -0.39 is 0 Å². The number of nitrogens with one attached hydrogen (secondary N) is 1. The van der Waals surface area contributed by atoms with E-state index in [0.717, 1.165) is 28.9 Å². The molecule has 0 radical (unpaired) electrons. The summed E-state index contributed by atoms with van der Waals surface area (Å²) in [6, 6.07) is 20.8. The zero-order valence-electron chi connectivity index (χ0n) is 18.9. The van der Waals surface area contributed by atoms with Crippen molar-refractivity contribution in [2.45, 2.75) is 26.2 Å². The Morgan fingerprint density at radius 3 is 2.28 bits per heavy atom. The lowest BCUT2D eigenvalue weighted by Crippen LogP contribution is -2.26. The van der Waals surface area contributed by atoms with Crippen LogP contribution in [-0.4, -0.2) is 26.4 Å². The lowest BCUT2D eigenvalue weighted by Gasteiger charge is -2.14. The fraction of sp³-hybridized carbons (Fsp3) is 0.250. The Kier molecular flexibility index (Phi) is 6.60. The monoisotopic (exact) mass is 427 g/mol. The summed E-state index contributed by atoms with van der Waals surface area (Å²) in [5.41, 5.74) is 8.31. The highest BCUT2D eigenvalue weighted by Gasteiger charge is 2.28. The number of alkyl carbamates (subject to hydrolysis) is 1. The summed E-state index contributed by atoms with van der Waals surface area (Å²) in [6.07, 6.45) is 4.50. The van der Waals surface area contributed by atoms with Crippen molar-refractivity contribution in [3.05, 3.63) is 94.6 Å². The van der Waals surface area contributed by atoms with Crippen LogP contribution < -0.4 is 10.1 Å². The van der Waals surface area contributed by atoms with Crippen LogP contribution in [-0.2, 0) is 4.74 Å². The van der Waals surface area contributed by atoms with Crippen molar-refractivity contribution >= 4 is 12.2 Å². The Hall–Kier alpha value is -3.53. The highest BCUT2D eigenvalue weighted by atomic mass is 16.5. The van der Waals surface area contributed by atoms with E-state index in [0.29, 0.717) is 13.2 Å². The molecule has 0 aliphatic heterocycles. The maximum absolute atomic E-state index is 12.3. The van der Waals surface area contributed by atoms with Crippen molar-refractivity contribution in [1.82, 2.24) is 5.32 Å². The zero-order valence-corrected chi connectivity index (χ0v) is 18.9. The fourth-order valence-corrected chi connectivity index (χ4v) is 4.33. The van der Waals surface area contributed by atoms with Gasteiger partial charge in [0.2, 0.25) is 0 Å². The van der Waals surface area contributed by atoms with E-state index in [9.17, 15) is 4.79 Å². The summed E-state index contributed by atoms with van der Waals surface area (Å²) in [7, 11) is 1.69. The average molecular weight is 428 g/mol. The van der Waals surface area contributed by atoms with Crippen LogP contribution in [0, 0.1) is 13.8 Å². The minimum atomic E-state index is -0.378. The molecule has 0 spiro atoms. The number of rotatable bonds is 7. The van der Waals surface area contributed by atoms with Crippen molar-refractivity contribution in [1.29, 1.82) is 0 Å². The number of carbonyl (C=O) groups is 1. The van der Waals surface area contributed by atoms with Crippen LogP contribution in [0.5, 0.6) is 5.75 Å². The Bertz CT molecular complexity index is 1100. The van der Waals surface area contributed by atoms with Crippen LogP contribution in [0.2, 0.25) is 0 Å². The van der Waals surface area contributed by atoms with Crippen molar-refractivity contribution in [2.75, 3.05) is 20.3 Å². The van der Waals surface area contributed by atoms with Gasteiger partial charge in [-0.25, -0.2) is 4.79 Å². The van der Waals surface area contributed by atoms with Gasteiger partial charge in [0.1, 0.15) is 12.4 Å². The minimum absolute atomic E-state index is 0.0781. The van der Waals surface area contributed by atoms with E-state index in [1.165, 1.54) is 22.3 Å². The molecule has 0 saturated carbocycles. The van der Waals surface area contributed by atoms with Gasteiger partial charge in [0.15, 0.2) is 0 Å². The lowest BCUT2D eigenvalue weighted by molar-refractivity contribution is 0.143. The predicted octanol–water partition coefficient (Wildman–Crippen LogP) is 6.25. The second-order valence-corrected chi connectivity index (χ2v) is 8.12. The molecule has 0 saturated heterocycles. The first kappa shape index (κ1) is 21.7. The quantitative estimate of drug-likeness (QED) is 0.453. The summed E-state index contributed by atoms with van der Waals surface area (Å²) in [4.78, 5) is 12.3. The Morgan fingerprint density at radius 2 is 1.62 bits per heavy atom. The van der Waals surface area contributed by atoms with Crippen LogP contribution >= 0.6 is 0 Å². The smallest absolute Gasteiger partial charge is 0.407 e. The van der Waals surface area contributed by atoms with Gasteiger partial charge < -0.3 is 14.8 Å². The molecule has 0 aromatic heterocycles. The highest BCUT2D eigenvalue weighted by molar-refractivity contribution is 5.79. The molecule has 1 aliphatic carbocycles. The molecular weight excluding hydrogens is 398 g/mol. The van der Waals surface area contributed by atoms with Crippen LogP contribution in [0.3, 0.4) is 0 Å². The molecule has 0 heterocycles. The van der Waals surface area contributed by atoms with Gasteiger partial charge in [-0.1, -0.05) is 60.7 Å². The van der Waals surface area contributed by atoms with Crippen LogP contribution in [0.4, 0.5) is 4.79 Å². The van der Waals surface area contributed by atoms with Gasteiger partial charge in [-0.2, -0.15) is 0 Å². The van der Waals surface area contributed by atoms with E-state index in [-0.39, 0.29) is 12.0 Å². The molecule has 3 aromatic carbocycles. The summed E-state index contributed by atoms with van der Waals surface area (Å²) in [5.74, 6) is 0.978. The van der Waals surface area contributed by atoms with Gasteiger partial charge in [-0.05, 0) is 71.3 Å². The molecule has 3 aromatic rings. The molecule has 0 fully saturated rings. The first-order valence-electron chi connectivity index (χ1n) is 11.0. The molecule has 164 valence electrons. The number of hydrogen-bond acceptors (Lipinski definition) is 3. The third-order valence-electron chi connectivity index (χ3n) is 6.00. The standard InChI is InChI=1S/C28H29NO3/c1-19-17-27(31-3)20(2)16-21(19)10-8-9-15-29-28(30)32-18-26-24-13-6-4-11-22(24)23-12-5-7-14-25(23)26/h4-8,10-14,16-17,26H,9,15,18H2,1-3H3,(H,29,30). The number of amides is 1. The number of aryl methyl sites for hydroxylation is 2. The summed E-state index contributed by atoms with van der Waals surface area (Å²) in [5, 5.41) is 2.85. The van der Waals surface area contributed by atoms with Crippen molar-refractivity contribution in [3.63, 3.8) is 0 Å². The minimum Gasteiger partial charge on any atom is -0.496 e. The third kappa shape index (κ3) is 4.54. The van der Waals surface area contributed by atoms with Crippen LogP contribution in [0.1, 0.15) is 40.2 Å². The van der Waals surface area contributed by atoms with Crippen molar-refractivity contribution in [2.24, 2.45) is 0 Å². The number of ether oxygens (including phenoxy) is 2.